The number of nitrogens with one attached hydrogen (secondary N) is 1. The third-order valence-corrected chi connectivity index (χ3v) is 3.43. The number of rotatable bonds is 5. The van der Waals surface area contributed by atoms with Crippen LogP contribution in [0.25, 0.3) is 0 Å². The van der Waals surface area contributed by atoms with E-state index < -0.39 is 58.6 Å². The minimum atomic E-state index is -7.35. The first-order valence-electron chi connectivity index (χ1n) is 6.80. The molecule has 2 N–H and O–H groups in total. The number of carbonyl (C=O) groups excluding carboxylic acids is 1. The lowest BCUT2D eigenvalue weighted by molar-refractivity contribution is -0.419. The fraction of sp³-hybridized carbons (Fsp3) is 0.700. The van der Waals surface area contributed by atoms with Crippen LogP contribution in [0.3, 0.4) is 0 Å². The highest BCUT2D eigenvalue weighted by Crippen LogP contribution is 2.57. The van der Waals surface area contributed by atoms with Gasteiger partial charge in [0.1, 0.15) is 0 Å². The smallest absolute Gasteiger partial charge is 0.460 e. The van der Waals surface area contributed by atoms with Crippen molar-refractivity contribution >= 4 is 17.6 Å². The largest absolute Gasteiger partial charge is 0.461 e. The van der Waals surface area contributed by atoms with Crippen LogP contribution in [0.15, 0.2) is 5.10 Å². The number of aliphatic hydroxyl groups is 1. The van der Waals surface area contributed by atoms with Gasteiger partial charge in [-0.15, -0.1) is 0 Å². The second kappa shape index (κ2) is 6.17. The molecule has 1 aliphatic rings. The summed E-state index contributed by atoms with van der Waals surface area (Å²) >= 11 is 0. The number of esters is 1. The van der Waals surface area contributed by atoms with E-state index >= 15 is 0 Å². The highest BCUT2D eigenvalue weighted by molar-refractivity contribution is 6.39. The van der Waals surface area contributed by atoms with Gasteiger partial charge in [-0.05, 0) is 17.4 Å². The van der Waals surface area contributed by atoms with Gasteiger partial charge in [0.2, 0.25) is 5.71 Å². The molecule has 0 aliphatic carbocycles. The molecule has 0 saturated heterocycles. The molecule has 1 atom stereocenters. The standard InChI is InChI=1S/C10H7F9N6O3/c1-2-28-4(26)3-6(27,25-5(21-20-3)22-23-24-25)7(11,12)8(13,14)9(15,16)10(17,18)19/h27H,2H2,1H3,(H,21,22,24). The molecule has 0 aromatic carbocycles. The Morgan fingerprint density at radius 2 is 1.71 bits per heavy atom. The summed E-state index contributed by atoms with van der Waals surface area (Å²) in [6.45, 7) is 0.498. The van der Waals surface area contributed by atoms with Gasteiger partial charge in [0.15, 0.2) is 0 Å². The highest BCUT2D eigenvalue weighted by atomic mass is 19.4. The van der Waals surface area contributed by atoms with Crippen LogP contribution in [-0.2, 0) is 15.3 Å². The Balaban J connectivity index is 2.76. The summed E-state index contributed by atoms with van der Waals surface area (Å²) < 4.78 is 124. The van der Waals surface area contributed by atoms with Crippen molar-refractivity contribution in [3.8, 4) is 0 Å². The van der Waals surface area contributed by atoms with E-state index in [0.29, 0.717) is 0 Å². The fourth-order valence-electron chi connectivity index (χ4n) is 2.02. The van der Waals surface area contributed by atoms with Crippen molar-refractivity contribution in [1.82, 2.24) is 20.2 Å². The summed E-state index contributed by atoms with van der Waals surface area (Å²) in [5, 5.41) is 21.2. The molecule has 28 heavy (non-hydrogen) atoms. The van der Waals surface area contributed by atoms with Crippen molar-refractivity contribution < 1.29 is 54.2 Å². The Morgan fingerprint density at radius 3 is 2.21 bits per heavy atom. The van der Waals surface area contributed by atoms with Gasteiger partial charge in [-0.3, -0.25) is 0 Å². The zero-order chi connectivity index (χ0) is 21.8. The zero-order valence-corrected chi connectivity index (χ0v) is 13.1. The van der Waals surface area contributed by atoms with Crippen molar-refractivity contribution in [2.75, 3.05) is 12.0 Å². The number of aromatic nitrogens is 4. The molecule has 158 valence electrons. The van der Waals surface area contributed by atoms with Gasteiger partial charge in [-0.25, -0.2) is 10.2 Å². The number of tetrazole rings is 1. The normalized spacial score (nSPS) is 20.9. The van der Waals surface area contributed by atoms with Crippen LogP contribution < -0.4 is 5.43 Å². The molecule has 2 rings (SSSR count). The number of hydrazone groups is 1. The van der Waals surface area contributed by atoms with Gasteiger partial charge in [0.25, 0.3) is 11.7 Å². The van der Waals surface area contributed by atoms with Gasteiger partial charge < -0.3 is 9.84 Å². The van der Waals surface area contributed by atoms with Crippen LogP contribution >= 0.6 is 0 Å². The molecule has 0 amide bonds. The molecule has 1 unspecified atom stereocenters. The molecule has 2 heterocycles. The maximum absolute atomic E-state index is 14.5. The second-order valence-electron chi connectivity index (χ2n) is 5.10. The topological polar surface area (TPSA) is 115 Å². The van der Waals surface area contributed by atoms with E-state index in [1.165, 1.54) is 0 Å². The molecule has 1 aliphatic heterocycles. The molecule has 1 aromatic heterocycles. The summed E-state index contributed by atoms with van der Waals surface area (Å²) in [4.78, 5) is 11.7. The van der Waals surface area contributed by atoms with Crippen LogP contribution in [0.1, 0.15) is 6.92 Å². The van der Waals surface area contributed by atoms with Crippen LogP contribution in [0.2, 0.25) is 0 Å². The van der Waals surface area contributed by atoms with Crippen LogP contribution in [0, 0.1) is 0 Å². The predicted octanol–water partition coefficient (Wildman–Crippen LogP) is 1.13. The van der Waals surface area contributed by atoms with Crippen molar-refractivity contribution in [2.45, 2.75) is 36.6 Å². The van der Waals surface area contributed by atoms with E-state index in [1.807, 2.05) is 0 Å². The van der Waals surface area contributed by atoms with Crippen molar-refractivity contribution in [1.29, 1.82) is 0 Å². The SMILES string of the molecule is CCOC(=O)C1=NNc2nnnn2C1(O)C(F)(F)C(F)(F)C(F)(F)C(F)(F)F. The van der Waals surface area contributed by atoms with E-state index in [4.69, 9.17) is 0 Å². The first-order valence-corrected chi connectivity index (χ1v) is 6.80. The Morgan fingerprint density at radius 1 is 1.14 bits per heavy atom. The van der Waals surface area contributed by atoms with Gasteiger partial charge in [0.05, 0.1) is 6.61 Å². The molecule has 0 fully saturated rings. The van der Waals surface area contributed by atoms with Gasteiger partial charge in [-0.2, -0.15) is 49.3 Å². The molecular weight excluding hydrogens is 423 g/mol. The maximum Gasteiger partial charge on any atom is 0.460 e. The summed E-state index contributed by atoms with van der Waals surface area (Å²) in [6, 6.07) is 0. The number of carbonyl (C=O) groups is 1. The predicted molar refractivity (Wildman–Crippen MR) is 66.6 cm³/mol. The van der Waals surface area contributed by atoms with E-state index in [1.54, 1.807) is 5.43 Å². The molecule has 18 heteroatoms. The number of alkyl halides is 9. The highest BCUT2D eigenvalue weighted by Gasteiger charge is 2.88. The minimum absolute atomic E-state index is 0.600. The van der Waals surface area contributed by atoms with Gasteiger partial charge in [-0.1, -0.05) is 5.10 Å². The Labute approximate surface area is 147 Å². The summed E-state index contributed by atoms with van der Waals surface area (Å²) in [5.41, 5.74) is -5.44. The molecule has 0 radical (unpaired) electrons. The molecule has 0 bridgehead atoms. The number of halogens is 9. The first-order chi connectivity index (χ1) is 12.6. The minimum Gasteiger partial charge on any atom is -0.461 e. The van der Waals surface area contributed by atoms with Crippen molar-refractivity contribution in [2.24, 2.45) is 5.10 Å². The van der Waals surface area contributed by atoms with E-state index in [2.05, 4.69) is 25.4 Å². The number of ether oxygens (including phenoxy) is 1. The summed E-state index contributed by atoms with van der Waals surface area (Å²) in [6.07, 6.45) is -7.16. The van der Waals surface area contributed by atoms with Gasteiger partial charge >= 0.3 is 29.9 Å². The number of hydrogen-bond donors (Lipinski definition) is 2. The van der Waals surface area contributed by atoms with Crippen molar-refractivity contribution in [3.05, 3.63) is 0 Å². The maximum atomic E-state index is 14.5. The molecule has 0 spiro atoms. The first kappa shape index (κ1) is 21.6. The fourth-order valence-corrected chi connectivity index (χ4v) is 2.02. The van der Waals surface area contributed by atoms with Crippen LogP contribution in [-0.4, -0.2) is 67.5 Å². The van der Waals surface area contributed by atoms with Crippen LogP contribution in [0.5, 0.6) is 0 Å². The van der Waals surface area contributed by atoms with E-state index in [-0.39, 0.29) is 0 Å². The Hall–Kier alpha value is -2.66. The molecule has 1 aromatic rings. The summed E-state index contributed by atoms with van der Waals surface area (Å²) in [7, 11) is 0. The lowest BCUT2D eigenvalue weighted by Crippen LogP contribution is -2.72. The third-order valence-electron chi connectivity index (χ3n) is 3.43. The molecule has 0 saturated carbocycles. The zero-order valence-electron chi connectivity index (χ0n) is 13.1. The number of fused-ring (bicyclic) bond motifs is 1. The number of anilines is 1. The Bertz CT molecular complexity index is 807. The molecular formula is C10H7F9N6O3. The quantitative estimate of drug-likeness (QED) is 0.532. The van der Waals surface area contributed by atoms with Crippen LogP contribution in [0.4, 0.5) is 45.5 Å². The molecule has 9 nitrogen and oxygen atoms in total. The van der Waals surface area contributed by atoms with Gasteiger partial charge in [0, 0.05) is 0 Å². The monoisotopic (exact) mass is 430 g/mol. The number of hydrogen-bond acceptors (Lipinski definition) is 8. The van der Waals surface area contributed by atoms with Crippen molar-refractivity contribution in [3.63, 3.8) is 0 Å². The van der Waals surface area contributed by atoms with E-state index in [9.17, 15) is 49.4 Å². The summed E-state index contributed by atoms with van der Waals surface area (Å²) in [5.74, 6) is -24.6. The lowest BCUT2D eigenvalue weighted by atomic mass is 9.90. The number of nitrogens with zero attached hydrogens (tertiary/aromatic N) is 5. The average molecular weight is 430 g/mol. The third kappa shape index (κ3) is 2.57. The lowest BCUT2D eigenvalue weighted by Gasteiger charge is -2.42. The second-order valence-corrected chi connectivity index (χ2v) is 5.10. The average Bonchev–Trinajstić information content (AvgIpc) is 3.03. The van der Waals surface area contributed by atoms with E-state index in [0.717, 1.165) is 6.92 Å². The Kier molecular flexibility index (Phi) is 4.77.